The Balaban J connectivity index is 1.56. The van der Waals surface area contributed by atoms with Crippen molar-refractivity contribution in [2.24, 2.45) is 0 Å². The van der Waals surface area contributed by atoms with Gasteiger partial charge in [-0.3, -0.25) is 0 Å². The maximum atomic E-state index is 5.55. The lowest BCUT2D eigenvalue weighted by Crippen LogP contribution is -2.18. The molecule has 21 heavy (non-hydrogen) atoms. The molecule has 0 spiro atoms. The average Bonchev–Trinajstić information content (AvgIpc) is 3.05. The molecule has 118 valence electrons. The largest absolute Gasteiger partial charge is 0.381 e. The highest BCUT2D eigenvalue weighted by molar-refractivity contribution is 5.48. The van der Waals surface area contributed by atoms with E-state index in [1.54, 1.807) is 0 Å². The van der Waals surface area contributed by atoms with E-state index in [2.05, 4.69) is 41.4 Å². The first kappa shape index (κ1) is 16.3. The summed E-state index contributed by atoms with van der Waals surface area (Å²) < 4.78 is 5.55. The number of hydrogen-bond donors (Lipinski definition) is 1. The fourth-order valence-corrected chi connectivity index (χ4v) is 2.68. The van der Waals surface area contributed by atoms with Crippen molar-refractivity contribution in [1.82, 2.24) is 5.32 Å². The molecule has 1 aromatic rings. The second-order valence-electron chi connectivity index (χ2n) is 5.86. The summed E-state index contributed by atoms with van der Waals surface area (Å²) in [5.74, 6) is 0. The van der Waals surface area contributed by atoms with Gasteiger partial charge in [0.2, 0.25) is 0 Å². The van der Waals surface area contributed by atoms with Crippen molar-refractivity contribution in [3.8, 4) is 0 Å². The maximum Gasteiger partial charge on any atom is 0.0478 e. The molecule has 0 bridgehead atoms. The van der Waals surface area contributed by atoms with Crippen molar-refractivity contribution in [3.05, 3.63) is 29.8 Å². The highest BCUT2D eigenvalue weighted by Gasteiger charge is 2.11. The molecule has 3 heteroatoms. The average molecular weight is 290 g/mol. The molecule has 1 heterocycles. The monoisotopic (exact) mass is 290 g/mol. The van der Waals surface area contributed by atoms with Gasteiger partial charge in [-0.2, -0.15) is 0 Å². The number of ether oxygens (including phenoxy) is 1. The molecule has 2 rings (SSSR count). The van der Waals surface area contributed by atoms with Crippen LogP contribution in [0, 0.1) is 0 Å². The van der Waals surface area contributed by atoms with Crippen molar-refractivity contribution in [3.63, 3.8) is 0 Å². The summed E-state index contributed by atoms with van der Waals surface area (Å²) >= 11 is 0. The molecule has 0 saturated carbocycles. The number of nitrogens with one attached hydrogen (secondary N) is 1. The third kappa shape index (κ3) is 6.06. The van der Waals surface area contributed by atoms with Gasteiger partial charge in [0.15, 0.2) is 0 Å². The zero-order valence-corrected chi connectivity index (χ0v) is 13.4. The van der Waals surface area contributed by atoms with Gasteiger partial charge >= 0.3 is 0 Å². The van der Waals surface area contributed by atoms with Gasteiger partial charge in [0.1, 0.15) is 0 Å². The summed E-state index contributed by atoms with van der Waals surface area (Å²) in [5, 5.41) is 3.49. The Kier molecular flexibility index (Phi) is 7.61. The van der Waals surface area contributed by atoms with Crippen molar-refractivity contribution in [1.29, 1.82) is 0 Å². The van der Waals surface area contributed by atoms with E-state index < -0.39 is 0 Å². The van der Waals surface area contributed by atoms with Gasteiger partial charge in [-0.15, -0.1) is 0 Å². The fraction of sp³-hybridized carbons (Fsp3) is 0.667. The molecule has 1 N–H and O–H groups in total. The predicted molar refractivity (Wildman–Crippen MR) is 89.9 cm³/mol. The molecule has 0 unspecified atom stereocenters. The van der Waals surface area contributed by atoms with Crippen LogP contribution in [0.15, 0.2) is 24.3 Å². The fourth-order valence-electron chi connectivity index (χ4n) is 2.68. The number of anilines is 1. The van der Waals surface area contributed by atoms with Crippen LogP contribution in [-0.4, -0.2) is 32.8 Å². The molecule has 1 aliphatic rings. The number of benzene rings is 1. The Bertz CT molecular complexity index is 371. The summed E-state index contributed by atoms with van der Waals surface area (Å²) in [6.45, 7) is 8.40. The summed E-state index contributed by atoms with van der Waals surface area (Å²) in [4.78, 5) is 2.48. The second-order valence-corrected chi connectivity index (χ2v) is 5.86. The van der Waals surface area contributed by atoms with Crippen LogP contribution in [0.4, 0.5) is 5.69 Å². The minimum Gasteiger partial charge on any atom is -0.381 e. The molecule has 1 fully saturated rings. The van der Waals surface area contributed by atoms with Crippen molar-refractivity contribution in [2.75, 3.05) is 37.7 Å². The first-order valence-corrected chi connectivity index (χ1v) is 8.52. The van der Waals surface area contributed by atoms with Gasteiger partial charge in [0, 0.05) is 38.5 Å². The van der Waals surface area contributed by atoms with Gasteiger partial charge in [0.25, 0.3) is 0 Å². The molecule has 1 aliphatic heterocycles. The van der Waals surface area contributed by atoms with E-state index in [0.29, 0.717) is 0 Å². The van der Waals surface area contributed by atoms with Gasteiger partial charge in [-0.1, -0.05) is 25.5 Å². The smallest absolute Gasteiger partial charge is 0.0478 e. The van der Waals surface area contributed by atoms with Crippen molar-refractivity contribution >= 4 is 5.69 Å². The first-order valence-electron chi connectivity index (χ1n) is 8.52. The molecule has 0 radical (unpaired) electrons. The first-order chi connectivity index (χ1) is 10.4. The zero-order chi connectivity index (χ0) is 14.8. The molecule has 0 aromatic heterocycles. The Labute approximate surface area is 129 Å². The van der Waals surface area contributed by atoms with Crippen LogP contribution >= 0.6 is 0 Å². The quantitative estimate of drug-likeness (QED) is 0.667. The van der Waals surface area contributed by atoms with Gasteiger partial charge in [0.05, 0.1) is 0 Å². The zero-order valence-electron chi connectivity index (χ0n) is 13.4. The van der Waals surface area contributed by atoms with Crippen molar-refractivity contribution in [2.45, 2.75) is 45.6 Å². The third-order valence-electron chi connectivity index (χ3n) is 4.02. The summed E-state index contributed by atoms with van der Waals surface area (Å²) in [7, 11) is 0. The lowest BCUT2D eigenvalue weighted by Gasteiger charge is -2.17. The van der Waals surface area contributed by atoms with Gasteiger partial charge in [-0.25, -0.2) is 0 Å². The van der Waals surface area contributed by atoms with E-state index in [9.17, 15) is 0 Å². The van der Waals surface area contributed by atoms with Crippen LogP contribution in [0.3, 0.4) is 0 Å². The number of unbranched alkanes of at least 4 members (excludes halogenated alkanes) is 1. The highest BCUT2D eigenvalue weighted by Crippen LogP contribution is 2.20. The van der Waals surface area contributed by atoms with Crippen molar-refractivity contribution < 1.29 is 4.74 Å². The van der Waals surface area contributed by atoms with E-state index in [4.69, 9.17) is 4.74 Å². The molecule has 1 aromatic carbocycles. The Hall–Kier alpha value is -1.06. The Morgan fingerprint density at radius 3 is 2.48 bits per heavy atom. The summed E-state index contributed by atoms with van der Waals surface area (Å²) in [5.41, 5.74) is 2.74. The van der Waals surface area contributed by atoms with E-state index >= 15 is 0 Å². The molecule has 0 aliphatic carbocycles. The second kappa shape index (κ2) is 9.80. The lowest BCUT2D eigenvalue weighted by molar-refractivity contribution is 0.129. The van der Waals surface area contributed by atoms with Crippen LogP contribution in [0.1, 0.15) is 44.6 Å². The van der Waals surface area contributed by atoms with Crippen LogP contribution in [-0.2, 0) is 11.3 Å². The highest BCUT2D eigenvalue weighted by atomic mass is 16.5. The van der Waals surface area contributed by atoms with E-state index in [-0.39, 0.29) is 0 Å². The molecular formula is C18H30N2O. The minimum atomic E-state index is 0.876. The SMILES string of the molecule is CCCCOCCCNCc1ccc(N2CCCC2)cc1. The Morgan fingerprint density at radius 1 is 1.05 bits per heavy atom. The van der Waals surface area contributed by atoms with E-state index in [1.165, 1.54) is 50.0 Å². The lowest BCUT2D eigenvalue weighted by atomic mass is 10.2. The minimum absolute atomic E-state index is 0.876. The molecular weight excluding hydrogens is 260 g/mol. The molecule has 3 nitrogen and oxygen atoms in total. The van der Waals surface area contributed by atoms with Crippen LogP contribution in [0.5, 0.6) is 0 Å². The summed E-state index contributed by atoms with van der Waals surface area (Å²) in [6.07, 6.45) is 6.16. The number of rotatable bonds is 10. The molecule has 0 atom stereocenters. The third-order valence-corrected chi connectivity index (χ3v) is 4.02. The number of nitrogens with zero attached hydrogens (tertiary/aromatic N) is 1. The van der Waals surface area contributed by atoms with E-state index in [1.807, 2.05) is 0 Å². The molecule has 0 amide bonds. The standard InChI is InChI=1S/C18H30N2O/c1-2-3-14-21-15-6-11-19-16-17-7-9-18(10-8-17)20-12-4-5-13-20/h7-10,19H,2-6,11-16H2,1H3. The Morgan fingerprint density at radius 2 is 1.76 bits per heavy atom. The van der Waals surface area contributed by atoms with Crippen LogP contribution in [0.2, 0.25) is 0 Å². The van der Waals surface area contributed by atoms with Gasteiger partial charge in [-0.05, 0) is 49.9 Å². The number of hydrogen-bond acceptors (Lipinski definition) is 3. The van der Waals surface area contributed by atoms with Gasteiger partial charge < -0.3 is 15.0 Å². The predicted octanol–water partition coefficient (Wildman–Crippen LogP) is 3.58. The van der Waals surface area contributed by atoms with E-state index in [0.717, 1.165) is 32.7 Å². The normalized spacial score (nSPS) is 14.8. The maximum absolute atomic E-state index is 5.55. The van der Waals surface area contributed by atoms with Crippen LogP contribution < -0.4 is 10.2 Å². The topological polar surface area (TPSA) is 24.5 Å². The molecule has 1 saturated heterocycles. The van der Waals surface area contributed by atoms with Crippen LogP contribution in [0.25, 0.3) is 0 Å². The summed E-state index contributed by atoms with van der Waals surface area (Å²) in [6, 6.07) is 9.02.